The second-order valence-electron chi connectivity index (χ2n) is 7.72. The molecule has 1 atom stereocenters. The van der Waals surface area contributed by atoms with Crippen molar-refractivity contribution in [2.75, 3.05) is 6.54 Å². The van der Waals surface area contributed by atoms with Crippen LogP contribution in [0.25, 0.3) is 0 Å². The quantitative estimate of drug-likeness (QED) is 0.820. The number of hydrogen-bond donors (Lipinski definition) is 0. The highest BCUT2D eigenvalue weighted by atomic mass is 32.2. The van der Waals surface area contributed by atoms with Gasteiger partial charge in [0.15, 0.2) is 0 Å². The lowest BCUT2D eigenvalue weighted by Crippen LogP contribution is -2.37. The maximum Gasteiger partial charge on any atom is 0.243 e. The van der Waals surface area contributed by atoms with Crippen molar-refractivity contribution in [3.8, 4) is 0 Å². The largest absolute Gasteiger partial charge is 0.243 e. The Morgan fingerprint density at radius 3 is 2.28 bits per heavy atom. The van der Waals surface area contributed by atoms with E-state index in [0.29, 0.717) is 17.9 Å². The van der Waals surface area contributed by atoms with Gasteiger partial charge in [0.25, 0.3) is 0 Å². The molecule has 5 heteroatoms. The number of rotatable bonds is 4. The van der Waals surface area contributed by atoms with Crippen molar-refractivity contribution < 1.29 is 12.8 Å². The fourth-order valence-electron chi connectivity index (χ4n) is 3.55. The number of hydrogen-bond acceptors (Lipinski definition) is 2. The third kappa shape index (κ3) is 3.93. The Morgan fingerprint density at radius 1 is 1.08 bits per heavy atom. The molecule has 0 amide bonds. The maximum atomic E-state index is 13.2. The van der Waals surface area contributed by atoms with Gasteiger partial charge in [-0.1, -0.05) is 43.7 Å². The zero-order chi connectivity index (χ0) is 18.2. The van der Waals surface area contributed by atoms with Gasteiger partial charge in [-0.15, -0.1) is 0 Å². The first-order chi connectivity index (χ1) is 11.7. The first-order valence-corrected chi connectivity index (χ1v) is 9.94. The normalized spacial score (nSPS) is 20.7. The standard InChI is InChI=1S/C20H24FNO2S/c1-15-4-10-19(11-5-15)25(23,24)22-14-20(2,3)13-18(22)12-16-6-8-17(21)9-7-16/h4-11,18H,12-14H2,1-3H3. The topological polar surface area (TPSA) is 37.4 Å². The molecule has 1 unspecified atom stereocenters. The van der Waals surface area contributed by atoms with Gasteiger partial charge in [0.1, 0.15) is 5.82 Å². The molecule has 1 fully saturated rings. The summed E-state index contributed by atoms with van der Waals surface area (Å²) in [5.74, 6) is -0.278. The molecule has 0 radical (unpaired) electrons. The summed E-state index contributed by atoms with van der Waals surface area (Å²) < 4.78 is 41.1. The van der Waals surface area contributed by atoms with Crippen molar-refractivity contribution in [1.82, 2.24) is 4.31 Å². The average Bonchev–Trinajstić information content (AvgIpc) is 2.85. The Labute approximate surface area is 149 Å². The molecule has 1 aliphatic rings. The Bertz CT molecular complexity index is 842. The van der Waals surface area contributed by atoms with E-state index in [0.717, 1.165) is 17.5 Å². The third-order valence-corrected chi connectivity index (χ3v) is 6.70. The predicted molar refractivity (Wildman–Crippen MR) is 97.4 cm³/mol. The van der Waals surface area contributed by atoms with Gasteiger partial charge >= 0.3 is 0 Å². The third-order valence-electron chi connectivity index (χ3n) is 4.79. The molecular weight excluding hydrogens is 337 g/mol. The van der Waals surface area contributed by atoms with Crippen molar-refractivity contribution in [1.29, 1.82) is 0 Å². The number of nitrogens with zero attached hydrogens (tertiary/aromatic N) is 1. The number of halogens is 1. The van der Waals surface area contributed by atoms with Crippen LogP contribution in [-0.4, -0.2) is 25.3 Å². The fraction of sp³-hybridized carbons (Fsp3) is 0.400. The molecule has 134 valence electrons. The molecule has 1 saturated heterocycles. The second-order valence-corrected chi connectivity index (χ2v) is 9.61. The van der Waals surface area contributed by atoms with E-state index >= 15 is 0 Å². The summed E-state index contributed by atoms with van der Waals surface area (Å²) in [7, 11) is -3.54. The van der Waals surface area contributed by atoms with Crippen molar-refractivity contribution in [2.24, 2.45) is 5.41 Å². The van der Waals surface area contributed by atoms with Crippen LogP contribution in [0.1, 0.15) is 31.4 Å². The molecule has 0 aromatic heterocycles. The molecule has 3 rings (SSSR count). The first-order valence-electron chi connectivity index (χ1n) is 8.50. The van der Waals surface area contributed by atoms with Crippen LogP contribution in [0.2, 0.25) is 0 Å². The van der Waals surface area contributed by atoms with Gasteiger partial charge in [-0.3, -0.25) is 0 Å². The van der Waals surface area contributed by atoms with Crippen molar-refractivity contribution >= 4 is 10.0 Å². The van der Waals surface area contributed by atoms with Gasteiger partial charge < -0.3 is 0 Å². The van der Waals surface area contributed by atoms with Crippen LogP contribution in [-0.2, 0) is 16.4 Å². The molecule has 0 saturated carbocycles. The maximum absolute atomic E-state index is 13.2. The molecule has 2 aromatic carbocycles. The van der Waals surface area contributed by atoms with Gasteiger partial charge in [0, 0.05) is 12.6 Å². The SMILES string of the molecule is Cc1ccc(S(=O)(=O)N2CC(C)(C)CC2Cc2ccc(F)cc2)cc1. The lowest BCUT2D eigenvalue weighted by Gasteiger charge is -2.24. The summed E-state index contributed by atoms with van der Waals surface area (Å²) in [5, 5.41) is 0. The smallest absolute Gasteiger partial charge is 0.207 e. The van der Waals surface area contributed by atoms with Crippen LogP contribution in [0.15, 0.2) is 53.4 Å². The molecule has 3 nitrogen and oxygen atoms in total. The summed E-state index contributed by atoms with van der Waals surface area (Å²) >= 11 is 0. The van der Waals surface area contributed by atoms with E-state index in [2.05, 4.69) is 13.8 Å². The highest BCUT2D eigenvalue weighted by Gasteiger charge is 2.43. The Kier molecular flexibility index (Phi) is 4.73. The lowest BCUT2D eigenvalue weighted by molar-refractivity contribution is 0.366. The predicted octanol–water partition coefficient (Wildman–Crippen LogP) is 4.17. The van der Waals surface area contributed by atoms with Crippen LogP contribution in [0.5, 0.6) is 0 Å². The van der Waals surface area contributed by atoms with Gasteiger partial charge in [0.05, 0.1) is 4.90 Å². The van der Waals surface area contributed by atoms with E-state index in [1.54, 1.807) is 28.6 Å². The van der Waals surface area contributed by atoms with E-state index in [-0.39, 0.29) is 17.3 Å². The molecule has 1 heterocycles. The van der Waals surface area contributed by atoms with E-state index in [1.165, 1.54) is 12.1 Å². The van der Waals surface area contributed by atoms with Crippen LogP contribution in [0, 0.1) is 18.2 Å². The molecule has 0 bridgehead atoms. The van der Waals surface area contributed by atoms with E-state index in [4.69, 9.17) is 0 Å². The summed E-state index contributed by atoms with van der Waals surface area (Å²) in [6.45, 7) is 6.62. The summed E-state index contributed by atoms with van der Waals surface area (Å²) in [5.41, 5.74) is 1.90. The van der Waals surface area contributed by atoms with E-state index < -0.39 is 10.0 Å². The molecular formula is C20H24FNO2S. The highest BCUT2D eigenvalue weighted by Crippen LogP contribution is 2.38. The summed E-state index contributed by atoms with van der Waals surface area (Å²) in [6, 6.07) is 13.2. The minimum absolute atomic E-state index is 0.0809. The Balaban J connectivity index is 1.91. The number of aryl methyl sites for hydroxylation is 1. The average molecular weight is 361 g/mol. The Morgan fingerprint density at radius 2 is 1.68 bits per heavy atom. The zero-order valence-corrected chi connectivity index (χ0v) is 15.7. The van der Waals surface area contributed by atoms with Gasteiger partial charge in [-0.25, -0.2) is 12.8 Å². The van der Waals surface area contributed by atoms with Crippen LogP contribution >= 0.6 is 0 Å². The minimum atomic E-state index is -3.54. The van der Waals surface area contributed by atoms with Gasteiger partial charge in [-0.2, -0.15) is 4.31 Å². The van der Waals surface area contributed by atoms with Crippen molar-refractivity contribution in [2.45, 2.75) is 44.6 Å². The summed E-state index contributed by atoms with van der Waals surface area (Å²) in [4.78, 5) is 0.333. The van der Waals surface area contributed by atoms with Crippen LogP contribution < -0.4 is 0 Å². The minimum Gasteiger partial charge on any atom is -0.207 e. The lowest BCUT2D eigenvalue weighted by atomic mass is 9.89. The monoisotopic (exact) mass is 361 g/mol. The highest BCUT2D eigenvalue weighted by molar-refractivity contribution is 7.89. The molecule has 2 aromatic rings. The van der Waals surface area contributed by atoms with Crippen LogP contribution in [0.3, 0.4) is 0 Å². The molecule has 1 aliphatic heterocycles. The number of benzene rings is 2. The Hall–Kier alpha value is -1.72. The van der Waals surface area contributed by atoms with Gasteiger partial charge in [-0.05, 0) is 55.0 Å². The molecule has 0 N–H and O–H groups in total. The van der Waals surface area contributed by atoms with E-state index in [9.17, 15) is 12.8 Å². The number of sulfonamides is 1. The van der Waals surface area contributed by atoms with Crippen molar-refractivity contribution in [3.05, 3.63) is 65.5 Å². The van der Waals surface area contributed by atoms with Crippen LogP contribution in [0.4, 0.5) is 4.39 Å². The summed E-state index contributed by atoms with van der Waals surface area (Å²) in [6.07, 6.45) is 1.38. The van der Waals surface area contributed by atoms with E-state index in [1.807, 2.05) is 19.1 Å². The molecule has 0 aliphatic carbocycles. The first kappa shape index (κ1) is 18.1. The van der Waals surface area contributed by atoms with Gasteiger partial charge in [0.2, 0.25) is 10.0 Å². The second kappa shape index (κ2) is 6.54. The molecule has 0 spiro atoms. The fourth-order valence-corrected chi connectivity index (χ4v) is 5.36. The van der Waals surface area contributed by atoms with Crippen molar-refractivity contribution in [3.63, 3.8) is 0 Å². The molecule has 25 heavy (non-hydrogen) atoms. The zero-order valence-electron chi connectivity index (χ0n) is 14.9.